The summed E-state index contributed by atoms with van der Waals surface area (Å²) in [5, 5.41) is 5.55. The zero-order valence-corrected chi connectivity index (χ0v) is 16.3. The number of nitrogens with one attached hydrogen (secondary N) is 2. The van der Waals surface area contributed by atoms with E-state index in [2.05, 4.69) is 10.6 Å². The van der Waals surface area contributed by atoms with E-state index in [1.54, 1.807) is 0 Å². The summed E-state index contributed by atoms with van der Waals surface area (Å²) in [7, 11) is 1.53. The Morgan fingerprint density at radius 1 is 1.20 bits per heavy atom. The summed E-state index contributed by atoms with van der Waals surface area (Å²) in [4.78, 5) is 40.2. The quantitative estimate of drug-likeness (QED) is 0.763. The van der Waals surface area contributed by atoms with Gasteiger partial charge in [0.1, 0.15) is 0 Å². The summed E-state index contributed by atoms with van der Waals surface area (Å²) in [6.45, 7) is 0.373. The first-order valence-electron chi connectivity index (χ1n) is 9.68. The fourth-order valence-electron chi connectivity index (χ4n) is 3.68. The first-order valence-corrected chi connectivity index (χ1v) is 9.68. The predicted octanol–water partition coefficient (Wildman–Crippen LogP) is 2.17. The van der Waals surface area contributed by atoms with Crippen LogP contribution in [0.15, 0.2) is 35.5 Å². The molecule has 0 radical (unpaired) electrons. The number of nitrogens with zero attached hydrogens (tertiary/aromatic N) is 2. The standard InChI is InChI=1S/C20H21F3N4O3/c1-26-14-10-27(9-8-15(28)24-13-6-7-13)18(29)16(14)17(25-19(26)30)11-2-4-12(5-3-11)20(21,22)23/h2-5,13,17H,6-10H2,1H3,(H,24,28)(H,25,30). The Morgan fingerprint density at radius 2 is 1.87 bits per heavy atom. The highest BCUT2D eigenvalue weighted by Crippen LogP contribution is 2.37. The summed E-state index contributed by atoms with van der Waals surface area (Å²) in [6, 6.07) is 3.34. The van der Waals surface area contributed by atoms with Crippen LogP contribution in [0.25, 0.3) is 0 Å². The molecule has 1 aromatic rings. The van der Waals surface area contributed by atoms with Gasteiger partial charge < -0.3 is 15.5 Å². The maximum Gasteiger partial charge on any atom is 0.416 e. The molecule has 1 saturated carbocycles. The number of hydrogen-bond donors (Lipinski definition) is 2. The molecule has 1 unspecified atom stereocenters. The van der Waals surface area contributed by atoms with Gasteiger partial charge in [-0.25, -0.2) is 4.79 Å². The third-order valence-corrected chi connectivity index (χ3v) is 5.56. The lowest BCUT2D eigenvalue weighted by molar-refractivity contribution is -0.137. The average molecular weight is 422 g/mol. The summed E-state index contributed by atoms with van der Waals surface area (Å²) in [6.07, 6.45) is -2.38. The second-order valence-electron chi connectivity index (χ2n) is 7.74. The third kappa shape index (κ3) is 3.86. The van der Waals surface area contributed by atoms with Crippen LogP contribution in [0.5, 0.6) is 0 Å². The van der Waals surface area contributed by atoms with Crippen LogP contribution in [-0.4, -0.2) is 53.8 Å². The van der Waals surface area contributed by atoms with E-state index in [0.717, 1.165) is 25.0 Å². The SMILES string of the molecule is CN1C(=O)NC(c2ccc(C(F)(F)F)cc2)C2=C1CN(CCC(=O)NC1CC1)C2=O. The number of benzene rings is 1. The molecule has 0 aromatic heterocycles. The van der Waals surface area contributed by atoms with Crippen LogP contribution >= 0.6 is 0 Å². The predicted molar refractivity (Wildman–Crippen MR) is 99.9 cm³/mol. The Labute approximate surface area is 170 Å². The molecule has 1 aliphatic carbocycles. The number of carbonyl (C=O) groups is 3. The van der Waals surface area contributed by atoms with Gasteiger partial charge in [-0.3, -0.25) is 14.5 Å². The van der Waals surface area contributed by atoms with Crippen molar-refractivity contribution in [1.29, 1.82) is 0 Å². The highest BCUT2D eigenvalue weighted by molar-refractivity contribution is 6.01. The molecule has 7 nitrogen and oxygen atoms in total. The summed E-state index contributed by atoms with van der Waals surface area (Å²) in [5.74, 6) is -0.460. The second-order valence-corrected chi connectivity index (χ2v) is 7.74. The van der Waals surface area contributed by atoms with Crippen molar-refractivity contribution in [3.63, 3.8) is 0 Å². The largest absolute Gasteiger partial charge is 0.416 e. The van der Waals surface area contributed by atoms with Crippen molar-refractivity contribution in [3.8, 4) is 0 Å². The number of carbonyl (C=O) groups excluding carboxylic acids is 3. The lowest BCUT2D eigenvalue weighted by atomic mass is 9.95. The van der Waals surface area contributed by atoms with Crippen LogP contribution in [0, 0.1) is 0 Å². The van der Waals surface area contributed by atoms with Gasteiger partial charge in [0.25, 0.3) is 5.91 Å². The smallest absolute Gasteiger partial charge is 0.353 e. The van der Waals surface area contributed by atoms with E-state index in [-0.39, 0.29) is 37.4 Å². The maximum absolute atomic E-state index is 13.0. The van der Waals surface area contributed by atoms with Gasteiger partial charge in [-0.15, -0.1) is 0 Å². The van der Waals surface area contributed by atoms with Crippen molar-refractivity contribution in [1.82, 2.24) is 20.4 Å². The summed E-state index contributed by atoms with van der Waals surface area (Å²) in [5.41, 5.74) is 0.398. The van der Waals surface area contributed by atoms with Gasteiger partial charge in [-0.2, -0.15) is 13.2 Å². The minimum atomic E-state index is -4.47. The molecule has 1 fully saturated rings. The number of rotatable bonds is 5. The molecule has 1 atom stereocenters. The maximum atomic E-state index is 13.0. The number of hydrogen-bond acceptors (Lipinski definition) is 3. The number of amides is 4. The highest BCUT2D eigenvalue weighted by atomic mass is 19.4. The molecule has 2 N–H and O–H groups in total. The Hall–Kier alpha value is -3.04. The number of likely N-dealkylation sites (N-methyl/N-ethyl adjacent to an activating group) is 1. The molecule has 4 amide bonds. The monoisotopic (exact) mass is 422 g/mol. The fraction of sp³-hybridized carbons (Fsp3) is 0.450. The van der Waals surface area contributed by atoms with Gasteiger partial charge in [0.2, 0.25) is 5.91 Å². The summed E-state index contributed by atoms with van der Waals surface area (Å²) < 4.78 is 38.6. The second kappa shape index (κ2) is 7.33. The summed E-state index contributed by atoms with van der Waals surface area (Å²) >= 11 is 0. The highest BCUT2D eigenvalue weighted by Gasteiger charge is 2.43. The van der Waals surface area contributed by atoms with E-state index in [4.69, 9.17) is 0 Å². The molecule has 2 aliphatic heterocycles. The lowest BCUT2D eigenvalue weighted by Crippen LogP contribution is -2.45. The minimum absolute atomic E-state index is 0.128. The van der Waals surface area contributed by atoms with Crippen LogP contribution in [-0.2, 0) is 15.8 Å². The van der Waals surface area contributed by atoms with Crippen molar-refractivity contribution in [3.05, 3.63) is 46.7 Å². The van der Waals surface area contributed by atoms with Crippen molar-refractivity contribution in [2.75, 3.05) is 20.1 Å². The van der Waals surface area contributed by atoms with Gasteiger partial charge in [-0.05, 0) is 30.5 Å². The Morgan fingerprint density at radius 3 is 2.47 bits per heavy atom. The molecule has 0 saturated heterocycles. The van der Waals surface area contributed by atoms with Gasteiger partial charge >= 0.3 is 12.2 Å². The Bertz CT molecular complexity index is 922. The molecule has 3 aliphatic rings. The van der Waals surface area contributed by atoms with Gasteiger partial charge in [0.05, 0.1) is 29.4 Å². The number of urea groups is 1. The van der Waals surface area contributed by atoms with Crippen molar-refractivity contribution in [2.45, 2.75) is 37.5 Å². The van der Waals surface area contributed by atoms with E-state index in [0.29, 0.717) is 16.8 Å². The fourth-order valence-corrected chi connectivity index (χ4v) is 3.68. The zero-order valence-electron chi connectivity index (χ0n) is 16.3. The van der Waals surface area contributed by atoms with E-state index in [1.807, 2.05) is 0 Å². The molecule has 10 heteroatoms. The van der Waals surface area contributed by atoms with E-state index in [1.165, 1.54) is 29.0 Å². The van der Waals surface area contributed by atoms with Crippen molar-refractivity contribution in [2.24, 2.45) is 0 Å². The molecule has 0 bridgehead atoms. The molecule has 160 valence electrons. The van der Waals surface area contributed by atoms with Gasteiger partial charge in [0, 0.05) is 26.1 Å². The topological polar surface area (TPSA) is 81.8 Å². The molecule has 0 spiro atoms. The van der Waals surface area contributed by atoms with E-state index in [9.17, 15) is 27.6 Å². The van der Waals surface area contributed by atoms with Crippen LogP contribution in [0.3, 0.4) is 0 Å². The molecule has 2 heterocycles. The average Bonchev–Trinajstić information content (AvgIpc) is 3.44. The molecule has 1 aromatic carbocycles. The van der Waals surface area contributed by atoms with Gasteiger partial charge in [0.15, 0.2) is 0 Å². The zero-order chi connectivity index (χ0) is 21.6. The van der Waals surface area contributed by atoms with Crippen molar-refractivity contribution < 1.29 is 27.6 Å². The van der Waals surface area contributed by atoms with Gasteiger partial charge in [-0.1, -0.05) is 12.1 Å². The first kappa shape index (κ1) is 20.2. The van der Waals surface area contributed by atoms with Crippen LogP contribution < -0.4 is 10.6 Å². The van der Waals surface area contributed by atoms with Crippen molar-refractivity contribution >= 4 is 17.8 Å². The normalized spacial score (nSPS) is 21.7. The molecular weight excluding hydrogens is 401 g/mol. The molecule has 30 heavy (non-hydrogen) atoms. The Kier molecular flexibility index (Phi) is 4.95. The first-order chi connectivity index (χ1) is 14.1. The van der Waals surface area contributed by atoms with E-state index >= 15 is 0 Å². The number of halogens is 3. The van der Waals surface area contributed by atoms with Crippen LogP contribution in [0.2, 0.25) is 0 Å². The molecular formula is C20H21F3N4O3. The number of alkyl halides is 3. The third-order valence-electron chi connectivity index (χ3n) is 5.56. The molecule has 4 rings (SSSR count). The lowest BCUT2D eigenvalue weighted by Gasteiger charge is -2.31. The van der Waals surface area contributed by atoms with Crippen LogP contribution in [0.1, 0.15) is 36.4 Å². The van der Waals surface area contributed by atoms with E-state index < -0.39 is 23.8 Å². The Balaban J connectivity index is 1.53. The van der Waals surface area contributed by atoms with Crippen LogP contribution in [0.4, 0.5) is 18.0 Å². The minimum Gasteiger partial charge on any atom is -0.353 e.